The Hall–Kier alpha value is -1.02. The molecule has 2 heteroatoms. The van der Waals surface area contributed by atoms with Gasteiger partial charge in [0.1, 0.15) is 5.76 Å². The van der Waals surface area contributed by atoms with E-state index in [4.69, 9.17) is 10.2 Å². The summed E-state index contributed by atoms with van der Waals surface area (Å²) in [5.41, 5.74) is 7.20. The van der Waals surface area contributed by atoms with E-state index in [9.17, 15) is 0 Å². The lowest BCUT2D eigenvalue weighted by molar-refractivity contribution is 0.555. The number of rotatable bonds is 2. The van der Waals surface area contributed by atoms with Crippen molar-refractivity contribution < 1.29 is 4.42 Å². The molecule has 0 radical (unpaired) electrons. The fourth-order valence-electron chi connectivity index (χ4n) is 1.26. The largest absolute Gasteiger partial charge is 0.465 e. The molecule has 0 unspecified atom stereocenters. The van der Waals surface area contributed by atoms with Gasteiger partial charge in [0.15, 0.2) is 0 Å². The highest BCUT2D eigenvalue weighted by Crippen LogP contribution is 2.39. The van der Waals surface area contributed by atoms with E-state index in [0.717, 1.165) is 18.6 Å². The van der Waals surface area contributed by atoms with Crippen LogP contribution in [0.4, 0.5) is 0 Å². The number of hydrogen-bond donors (Lipinski definition) is 1. The fourth-order valence-corrected chi connectivity index (χ4v) is 1.26. The van der Waals surface area contributed by atoms with Crippen LogP contribution in [0.15, 0.2) is 28.4 Å². The molecular weight excluding hydrogens is 150 g/mol. The minimum Gasteiger partial charge on any atom is -0.465 e. The van der Waals surface area contributed by atoms with Crippen molar-refractivity contribution in [2.75, 3.05) is 0 Å². The van der Waals surface area contributed by atoms with E-state index < -0.39 is 0 Å². The summed E-state index contributed by atoms with van der Waals surface area (Å²) in [7, 11) is 0. The highest BCUT2D eigenvalue weighted by atomic mass is 16.3. The molecule has 1 saturated carbocycles. The number of nitrogens with two attached hydrogens (primary N) is 1. The zero-order valence-electron chi connectivity index (χ0n) is 7.21. The van der Waals surface area contributed by atoms with Crippen LogP contribution >= 0.6 is 0 Å². The second-order valence-electron chi connectivity index (χ2n) is 3.50. The molecule has 1 aromatic rings. The van der Waals surface area contributed by atoms with E-state index >= 15 is 0 Å². The van der Waals surface area contributed by atoms with Crippen LogP contribution < -0.4 is 5.73 Å². The zero-order valence-corrected chi connectivity index (χ0v) is 7.21. The van der Waals surface area contributed by atoms with Crippen LogP contribution in [0.2, 0.25) is 0 Å². The van der Waals surface area contributed by atoms with Gasteiger partial charge in [0.05, 0.1) is 6.26 Å². The van der Waals surface area contributed by atoms with Crippen molar-refractivity contribution >= 4 is 6.08 Å². The van der Waals surface area contributed by atoms with Crippen LogP contribution in [-0.4, -0.2) is 5.54 Å². The lowest BCUT2D eigenvalue weighted by Gasteiger charge is -2.07. The third-order valence-electron chi connectivity index (χ3n) is 2.48. The average molecular weight is 163 g/mol. The van der Waals surface area contributed by atoms with Gasteiger partial charge < -0.3 is 10.2 Å². The average Bonchev–Trinajstić information content (AvgIpc) is 2.63. The molecule has 1 aliphatic rings. The minimum atomic E-state index is -0.0210. The predicted octanol–water partition coefficient (Wildman–Crippen LogP) is 2.17. The summed E-state index contributed by atoms with van der Waals surface area (Å²) in [4.78, 5) is 0. The normalized spacial score (nSPS) is 21.0. The van der Waals surface area contributed by atoms with Crippen LogP contribution in [0.3, 0.4) is 0 Å². The Bertz CT molecular complexity index is 294. The molecule has 2 N–H and O–H groups in total. The molecule has 0 saturated heterocycles. The molecule has 0 spiro atoms. The quantitative estimate of drug-likeness (QED) is 0.725. The lowest BCUT2D eigenvalue weighted by atomic mass is 10.1. The molecule has 2 nitrogen and oxygen atoms in total. The molecule has 2 rings (SSSR count). The van der Waals surface area contributed by atoms with Crippen LogP contribution in [-0.2, 0) is 0 Å². The van der Waals surface area contributed by atoms with E-state index in [1.807, 2.05) is 18.2 Å². The van der Waals surface area contributed by atoms with Gasteiger partial charge in [0.2, 0.25) is 0 Å². The number of furan rings is 1. The molecule has 0 amide bonds. The van der Waals surface area contributed by atoms with E-state index in [1.54, 1.807) is 6.26 Å². The van der Waals surface area contributed by atoms with Crippen molar-refractivity contribution in [3.8, 4) is 0 Å². The Labute approximate surface area is 72.1 Å². The maximum absolute atomic E-state index is 6.00. The van der Waals surface area contributed by atoms with Gasteiger partial charge in [-0.1, -0.05) is 0 Å². The summed E-state index contributed by atoms with van der Waals surface area (Å²) in [5, 5.41) is 0. The van der Waals surface area contributed by atoms with Gasteiger partial charge in [-0.15, -0.1) is 0 Å². The Morgan fingerprint density at radius 1 is 1.67 bits per heavy atom. The standard InChI is InChI=1S/C10H13NO/c1-8(10(11)4-5-10)7-9-3-2-6-12-9/h2-3,6-7H,4-5,11H2,1H3. The molecule has 1 aliphatic carbocycles. The predicted molar refractivity (Wildman–Crippen MR) is 48.5 cm³/mol. The van der Waals surface area contributed by atoms with Crippen LogP contribution in [0.5, 0.6) is 0 Å². The van der Waals surface area contributed by atoms with Gasteiger partial charge in [-0.3, -0.25) is 0 Å². The van der Waals surface area contributed by atoms with Crippen LogP contribution in [0.25, 0.3) is 6.08 Å². The maximum Gasteiger partial charge on any atom is 0.126 e. The maximum atomic E-state index is 6.00. The molecule has 0 atom stereocenters. The van der Waals surface area contributed by atoms with E-state index in [-0.39, 0.29) is 5.54 Å². The first kappa shape index (κ1) is 7.62. The smallest absolute Gasteiger partial charge is 0.126 e. The van der Waals surface area contributed by atoms with Gasteiger partial charge in [0, 0.05) is 5.54 Å². The number of hydrogen-bond acceptors (Lipinski definition) is 2. The van der Waals surface area contributed by atoms with Crippen molar-refractivity contribution in [1.29, 1.82) is 0 Å². The van der Waals surface area contributed by atoms with Crippen LogP contribution in [0.1, 0.15) is 25.5 Å². The zero-order chi connectivity index (χ0) is 8.60. The van der Waals surface area contributed by atoms with Crippen molar-refractivity contribution in [3.05, 3.63) is 29.7 Å². The summed E-state index contributed by atoms with van der Waals surface area (Å²) in [6, 6.07) is 3.82. The molecule has 12 heavy (non-hydrogen) atoms. The topological polar surface area (TPSA) is 39.2 Å². The minimum absolute atomic E-state index is 0.0210. The first-order valence-electron chi connectivity index (χ1n) is 4.22. The molecule has 1 aromatic heterocycles. The third kappa shape index (κ3) is 1.30. The molecular formula is C10H13NO. The van der Waals surface area contributed by atoms with E-state index in [0.29, 0.717) is 0 Å². The highest BCUT2D eigenvalue weighted by molar-refractivity contribution is 5.51. The first-order valence-corrected chi connectivity index (χ1v) is 4.22. The summed E-state index contributed by atoms with van der Waals surface area (Å²) < 4.78 is 5.20. The van der Waals surface area contributed by atoms with Crippen molar-refractivity contribution in [2.24, 2.45) is 5.73 Å². The van der Waals surface area contributed by atoms with Crippen molar-refractivity contribution in [3.63, 3.8) is 0 Å². The Balaban J connectivity index is 2.18. The monoisotopic (exact) mass is 163 g/mol. The van der Waals surface area contributed by atoms with Gasteiger partial charge in [-0.2, -0.15) is 0 Å². The molecule has 64 valence electrons. The molecule has 0 bridgehead atoms. The second-order valence-corrected chi connectivity index (χ2v) is 3.50. The fraction of sp³-hybridized carbons (Fsp3) is 0.400. The molecule has 0 aliphatic heterocycles. The summed E-state index contributed by atoms with van der Waals surface area (Å²) in [5.74, 6) is 0.893. The van der Waals surface area contributed by atoms with Gasteiger partial charge in [-0.05, 0) is 43.5 Å². The second kappa shape index (κ2) is 2.49. The van der Waals surface area contributed by atoms with Crippen molar-refractivity contribution in [1.82, 2.24) is 0 Å². The Morgan fingerprint density at radius 2 is 2.42 bits per heavy atom. The summed E-state index contributed by atoms with van der Waals surface area (Å²) in [6.45, 7) is 2.06. The van der Waals surface area contributed by atoms with Gasteiger partial charge >= 0.3 is 0 Å². The van der Waals surface area contributed by atoms with Gasteiger partial charge in [0.25, 0.3) is 0 Å². The van der Waals surface area contributed by atoms with Gasteiger partial charge in [-0.25, -0.2) is 0 Å². The lowest BCUT2D eigenvalue weighted by Crippen LogP contribution is -2.22. The van der Waals surface area contributed by atoms with Crippen LogP contribution in [0, 0.1) is 0 Å². The molecule has 1 fully saturated rings. The summed E-state index contributed by atoms with van der Waals surface area (Å²) in [6.07, 6.45) is 5.91. The van der Waals surface area contributed by atoms with E-state index in [2.05, 4.69) is 6.92 Å². The molecule has 1 heterocycles. The Kier molecular flexibility index (Phi) is 1.58. The third-order valence-corrected chi connectivity index (χ3v) is 2.48. The Morgan fingerprint density at radius 3 is 2.92 bits per heavy atom. The van der Waals surface area contributed by atoms with Crippen molar-refractivity contribution in [2.45, 2.75) is 25.3 Å². The van der Waals surface area contributed by atoms with E-state index in [1.165, 1.54) is 5.57 Å². The highest BCUT2D eigenvalue weighted by Gasteiger charge is 2.39. The molecule has 0 aromatic carbocycles. The SMILES string of the molecule is CC(=Cc1ccco1)C1(N)CC1. The summed E-state index contributed by atoms with van der Waals surface area (Å²) >= 11 is 0. The first-order chi connectivity index (χ1) is 5.71.